The number of alkyl halides is 1. The van der Waals surface area contributed by atoms with Gasteiger partial charge in [-0.3, -0.25) is 0 Å². The summed E-state index contributed by atoms with van der Waals surface area (Å²) in [4.78, 5) is 0. The third-order valence-electron chi connectivity index (χ3n) is 6.55. The Morgan fingerprint density at radius 1 is 1.11 bits per heavy atom. The number of allylic oxidation sites excluding steroid dienone is 2. The first-order chi connectivity index (χ1) is 8.75. The lowest BCUT2D eigenvalue weighted by molar-refractivity contribution is -0.0118. The topological polar surface area (TPSA) is 0 Å². The second-order valence-electron chi connectivity index (χ2n) is 8.57. The van der Waals surface area contributed by atoms with Crippen molar-refractivity contribution in [2.45, 2.75) is 76.1 Å². The predicted octanol–water partition coefficient (Wildman–Crippen LogP) is 6.14. The van der Waals surface area contributed by atoms with Crippen molar-refractivity contribution < 1.29 is 0 Å². The van der Waals surface area contributed by atoms with Gasteiger partial charge in [-0.25, -0.2) is 0 Å². The molecule has 0 aliphatic heterocycles. The summed E-state index contributed by atoms with van der Waals surface area (Å²) in [5, 5.41) is 0. The monoisotopic (exact) mass is 372 g/mol. The third-order valence-corrected chi connectivity index (χ3v) is 7.43. The third kappa shape index (κ3) is 2.32. The zero-order valence-electron chi connectivity index (χ0n) is 13.1. The molecule has 3 aliphatic carbocycles. The molecule has 3 rings (SSSR count). The average molecular weight is 372 g/mol. The van der Waals surface area contributed by atoms with Crippen molar-refractivity contribution >= 4 is 22.6 Å². The van der Waals surface area contributed by atoms with Crippen LogP contribution in [0.5, 0.6) is 0 Å². The number of hydrogen-bond acceptors (Lipinski definition) is 0. The Labute approximate surface area is 132 Å². The van der Waals surface area contributed by atoms with E-state index >= 15 is 0 Å². The standard InChI is InChI=1S/C18H29I/c1-16(2)9-5-10-18(4)14-8-11-17(3,19)12-13(14)6-7-15(16)18/h8,13,15H,5-7,9-12H2,1-4H3/t13?,15?,17-,18-/m0/s1. The highest BCUT2D eigenvalue weighted by Gasteiger charge is 2.53. The van der Waals surface area contributed by atoms with Gasteiger partial charge in [-0.2, -0.15) is 0 Å². The van der Waals surface area contributed by atoms with Gasteiger partial charge in [-0.05, 0) is 61.2 Å². The van der Waals surface area contributed by atoms with Gasteiger partial charge in [0.1, 0.15) is 0 Å². The maximum Gasteiger partial charge on any atom is 0.0234 e. The molecule has 2 saturated carbocycles. The number of halogens is 1. The molecule has 0 spiro atoms. The van der Waals surface area contributed by atoms with Crippen LogP contribution >= 0.6 is 22.6 Å². The average Bonchev–Trinajstić information content (AvgIpc) is 2.25. The van der Waals surface area contributed by atoms with Gasteiger partial charge in [-0.15, -0.1) is 0 Å². The van der Waals surface area contributed by atoms with E-state index in [9.17, 15) is 0 Å². The fourth-order valence-corrected chi connectivity index (χ4v) is 6.45. The van der Waals surface area contributed by atoms with E-state index in [1.54, 1.807) is 0 Å². The minimum Gasteiger partial charge on any atom is -0.0832 e. The summed E-state index contributed by atoms with van der Waals surface area (Å²) in [6.45, 7) is 10.1. The van der Waals surface area contributed by atoms with Gasteiger partial charge in [0.05, 0.1) is 0 Å². The molecule has 0 aromatic rings. The molecule has 0 N–H and O–H groups in total. The van der Waals surface area contributed by atoms with Gasteiger partial charge in [0, 0.05) is 3.42 Å². The molecule has 0 heterocycles. The Morgan fingerprint density at radius 3 is 2.58 bits per heavy atom. The summed E-state index contributed by atoms with van der Waals surface area (Å²) >= 11 is 2.69. The molecule has 3 aliphatic rings. The Bertz CT molecular complexity index is 404. The van der Waals surface area contributed by atoms with Gasteiger partial charge in [-0.1, -0.05) is 68.4 Å². The quantitative estimate of drug-likeness (QED) is 0.272. The molecule has 0 aromatic carbocycles. The smallest absolute Gasteiger partial charge is 0.0234 e. The fourth-order valence-electron chi connectivity index (χ4n) is 5.70. The SMILES string of the molecule is CC1(C)CCC[C@@]2(C)C3=CC[C@](C)(I)CC3CCC12. The lowest BCUT2D eigenvalue weighted by Gasteiger charge is -2.58. The Balaban J connectivity index is 1.97. The van der Waals surface area contributed by atoms with Crippen molar-refractivity contribution in [3.05, 3.63) is 11.6 Å². The van der Waals surface area contributed by atoms with Crippen LogP contribution in [0.3, 0.4) is 0 Å². The first kappa shape index (κ1) is 14.4. The zero-order valence-corrected chi connectivity index (χ0v) is 15.2. The van der Waals surface area contributed by atoms with Crippen LogP contribution in [0, 0.1) is 22.7 Å². The van der Waals surface area contributed by atoms with Crippen molar-refractivity contribution in [1.82, 2.24) is 0 Å². The zero-order chi connectivity index (χ0) is 13.9. The van der Waals surface area contributed by atoms with Gasteiger partial charge < -0.3 is 0 Å². The van der Waals surface area contributed by atoms with Crippen molar-refractivity contribution in [1.29, 1.82) is 0 Å². The summed E-state index contributed by atoms with van der Waals surface area (Å²) in [5.74, 6) is 1.82. The van der Waals surface area contributed by atoms with Crippen molar-refractivity contribution in [3.63, 3.8) is 0 Å². The van der Waals surface area contributed by atoms with E-state index in [2.05, 4.69) is 56.4 Å². The normalized spacial score (nSPS) is 49.0. The van der Waals surface area contributed by atoms with Crippen LogP contribution < -0.4 is 0 Å². The summed E-state index contributed by atoms with van der Waals surface area (Å²) in [6, 6.07) is 0. The van der Waals surface area contributed by atoms with Crippen LogP contribution in [0.15, 0.2) is 11.6 Å². The maximum absolute atomic E-state index is 2.69. The molecular weight excluding hydrogens is 343 g/mol. The number of fused-ring (bicyclic) bond motifs is 3. The van der Waals surface area contributed by atoms with Crippen LogP contribution in [0.25, 0.3) is 0 Å². The summed E-state index contributed by atoms with van der Waals surface area (Å²) in [7, 11) is 0. The van der Waals surface area contributed by atoms with E-state index in [1.165, 1.54) is 44.9 Å². The number of hydrogen-bond donors (Lipinski definition) is 0. The van der Waals surface area contributed by atoms with Crippen LogP contribution in [-0.4, -0.2) is 3.42 Å². The molecule has 19 heavy (non-hydrogen) atoms. The van der Waals surface area contributed by atoms with Crippen molar-refractivity contribution in [2.24, 2.45) is 22.7 Å². The summed E-state index contributed by atoms with van der Waals surface area (Å²) in [5.41, 5.74) is 2.95. The van der Waals surface area contributed by atoms with E-state index in [0.717, 1.165) is 11.8 Å². The van der Waals surface area contributed by atoms with E-state index < -0.39 is 0 Å². The largest absolute Gasteiger partial charge is 0.0832 e. The highest BCUT2D eigenvalue weighted by Crippen LogP contribution is 2.63. The molecule has 0 nitrogen and oxygen atoms in total. The van der Waals surface area contributed by atoms with Crippen LogP contribution in [0.1, 0.15) is 72.6 Å². The molecule has 2 fully saturated rings. The molecular formula is C18H29I. The highest BCUT2D eigenvalue weighted by molar-refractivity contribution is 14.1. The van der Waals surface area contributed by atoms with Gasteiger partial charge in [0.15, 0.2) is 0 Å². The minimum absolute atomic E-state index is 0.513. The lowest BCUT2D eigenvalue weighted by Crippen LogP contribution is -2.49. The van der Waals surface area contributed by atoms with E-state index in [-0.39, 0.29) is 0 Å². The highest BCUT2D eigenvalue weighted by atomic mass is 127. The molecule has 0 bridgehead atoms. The molecule has 0 amide bonds. The van der Waals surface area contributed by atoms with E-state index in [1.807, 2.05) is 5.57 Å². The number of rotatable bonds is 0. The lowest BCUT2D eigenvalue weighted by atomic mass is 9.47. The second kappa shape index (κ2) is 4.48. The molecule has 2 unspecified atom stereocenters. The molecule has 0 radical (unpaired) electrons. The van der Waals surface area contributed by atoms with Crippen LogP contribution in [-0.2, 0) is 0 Å². The van der Waals surface area contributed by atoms with E-state index in [0.29, 0.717) is 14.3 Å². The predicted molar refractivity (Wildman–Crippen MR) is 91.7 cm³/mol. The molecule has 1 heteroatoms. The summed E-state index contributed by atoms with van der Waals surface area (Å²) < 4.78 is 0.513. The minimum atomic E-state index is 0.513. The Kier molecular flexibility index (Phi) is 3.40. The molecule has 108 valence electrons. The fraction of sp³-hybridized carbons (Fsp3) is 0.889. The maximum atomic E-state index is 2.69. The van der Waals surface area contributed by atoms with Crippen LogP contribution in [0.2, 0.25) is 0 Å². The Morgan fingerprint density at radius 2 is 1.84 bits per heavy atom. The summed E-state index contributed by atoms with van der Waals surface area (Å²) in [6.07, 6.45) is 12.6. The van der Waals surface area contributed by atoms with Crippen molar-refractivity contribution in [3.8, 4) is 0 Å². The van der Waals surface area contributed by atoms with Gasteiger partial charge in [0.2, 0.25) is 0 Å². The van der Waals surface area contributed by atoms with Crippen LogP contribution in [0.4, 0.5) is 0 Å². The van der Waals surface area contributed by atoms with Gasteiger partial charge in [0.25, 0.3) is 0 Å². The second-order valence-corrected chi connectivity index (χ2v) is 11.2. The molecule has 4 atom stereocenters. The van der Waals surface area contributed by atoms with Gasteiger partial charge >= 0.3 is 0 Å². The first-order valence-electron chi connectivity index (χ1n) is 8.14. The first-order valence-corrected chi connectivity index (χ1v) is 9.22. The molecule has 0 saturated heterocycles. The van der Waals surface area contributed by atoms with E-state index in [4.69, 9.17) is 0 Å². The molecule has 0 aromatic heterocycles. The Hall–Kier alpha value is 0.470. The van der Waals surface area contributed by atoms with Crippen molar-refractivity contribution in [2.75, 3.05) is 0 Å².